The zero-order valence-electron chi connectivity index (χ0n) is 9.59. The van der Waals surface area contributed by atoms with Crippen LogP contribution in [-0.2, 0) is 4.79 Å². The smallest absolute Gasteiger partial charge is 0.328 e. The van der Waals surface area contributed by atoms with E-state index in [1.807, 2.05) is 0 Å². The molecule has 0 saturated heterocycles. The average molecular weight is 438 g/mol. The van der Waals surface area contributed by atoms with Gasteiger partial charge < -0.3 is 5.11 Å². The minimum absolute atomic E-state index is 0.276. The van der Waals surface area contributed by atoms with E-state index in [4.69, 9.17) is 5.11 Å². The molecule has 2 N–H and O–H groups in total. The van der Waals surface area contributed by atoms with Crippen LogP contribution in [0.3, 0.4) is 0 Å². The molecule has 2 rings (SSSR count). The second kappa shape index (κ2) is 6.61. The zero-order valence-corrected chi connectivity index (χ0v) is 14.4. The number of carbonyl (C=O) groups is 2. The molecule has 0 unspecified atom stereocenters. The van der Waals surface area contributed by atoms with Gasteiger partial charge >= 0.3 is 5.97 Å². The normalized spacial score (nSPS) is 10.9. The molecule has 2 aromatic heterocycles. The molecule has 0 radical (unpaired) electrons. The Labute approximate surface area is 138 Å². The van der Waals surface area contributed by atoms with E-state index in [1.165, 1.54) is 34.9 Å². The molecule has 0 aliphatic carbocycles. The van der Waals surface area contributed by atoms with E-state index in [0.29, 0.717) is 15.6 Å². The van der Waals surface area contributed by atoms with E-state index in [-0.39, 0.29) is 5.91 Å². The van der Waals surface area contributed by atoms with Gasteiger partial charge in [0.2, 0.25) is 0 Å². The number of thiazole rings is 1. The van der Waals surface area contributed by atoms with Crippen molar-refractivity contribution < 1.29 is 14.7 Å². The lowest BCUT2D eigenvalue weighted by Gasteiger charge is -1.98. The molecule has 20 heavy (non-hydrogen) atoms. The van der Waals surface area contributed by atoms with Crippen molar-refractivity contribution in [2.75, 3.05) is 5.32 Å². The van der Waals surface area contributed by atoms with Crippen LogP contribution >= 0.6 is 54.5 Å². The Morgan fingerprint density at radius 3 is 2.70 bits per heavy atom. The second-order valence-electron chi connectivity index (χ2n) is 3.43. The SMILES string of the molecule is O=C(O)/C=C/c1cnc(NC(=O)c2cc(Br)sc2Br)s1. The van der Waals surface area contributed by atoms with Crippen LogP contribution in [0.1, 0.15) is 15.2 Å². The molecule has 2 heterocycles. The standard InChI is InChI=1S/C11H6Br2N2O3S2/c12-7-3-6(9(13)20-7)10(18)15-11-14-4-5(19-11)1-2-8(16)17/h1-4H,(H,16,17)(H,14,15,18)/b2-1+. The van der Waals surface area contributed by atoms with E-state index in [1.54, 1.807) is 6.07 Å². The van der Waals surface area contributed by atoms with E-state index in [0.717, 1.165) is 13.6 Å². The predicted molar refractivity (Wildman–Crippen MR) is 86.5 cm³/mol. The topological polar surface area (TPSA) is 79.3 Å². The lowest BCUT2D eigenvalue weighted by Crippen LogP contribution is -2.10. The zero-order chi connectivity index (χ0) is 14.7. The van der Waals surface area contributed by atoms with Crippen molar-refractivity contribution >= 4 is 77.6 Å². The maximum Gasteiger partial charge on any atom is 0.328 e. The Morgan fingerprint density at radius 1 is 1.35 bits per heavy atom. The average Bonchev–Trinajstić information content (AvgIpc) is 2.93. The Kier molecular flexibility index (Phi) is 5.08. The lowest BCUT2D eigenvalue weighted by molar-refractivity contribution is -0.131. The van der Waals surface area contributed by atoms with E-state index in [2.05, 4.69) is 42.2 Å². The molecular weight excluding hydrogens is 432 g/mol. The lowest BCUT2D eigenvalue weighted by atomic mass is 10.3. The molecule has 0 aliphatic heterocycles. The fraction of sp³-hybridized carbons (Fsp3) is 0. The van der Waals surface area contributed by atoms with Crippen LogP contribution in [0.15, 0.2) is 25.9 Å². The number of aromatic nitrogens is 1. The van der Waals surface area contributed by atoms with Gasteiger partial charge in [-0.1, -0.05) is 11.3 Å². The van der Waals surface area contributed by atoms with Crippen LogP contribution in [0.5, 0.6) is 0 Å². The highest BCUT2D eigenvalue weighted by Crippen LogP contribution is 2.32. The number of carbonyl (C=O) groups excluding carboxylic acids is 1. The van der Waals surface area contributed by atoms with Gasteiger partial charge in [-0.25, -0.2) is 9.78 Å². The number of hydrogen-bond acceptors (Lipinski definition) is 5. The van der Waals surface area contributed by atoms with Crippen LogP contribution in [0, 0.1) is 0 Å². The van der Waals surface area contributed by atoms with Crippen molar-refractivity contribution in [1.82, 2.24) is 4.98 Å². The van der Waals surface area contributed by atoms with Crippen LogP contribution in [-0.4, -0.2) is 22.0 Å². The second-order valence-corrected chi connectivity index (χ2v) is 8.24. The van der Waals surface area contributed by atoms with Crippen LogP contribution in [0.25, 0.3) is 6.08 Å². The molecule has 0 bridgehead atoms. The van der Waals surface area contributed by atoms with Gasteiger partial charge in [0, 0.05) is 17.2 Å². The van der Waals surface area contributed by atoms with Crippen molar-refractivity contribution in [3.05, 3.63) is 36.4 Å². The summed E-state index contributed by atoms with van der Waals surface area (Å²) in [6.45, 7) is 0. The van der Waals surface area contributed by atoms with Crippen LogP contribution in [0.2, 0.25) is 0 Å². The fourth-order valence-electron chi connectivity index (χ4n) is 1.23. The van der Waals surface area contributed by atoms with Gasteiger partial charge in [-0.2, -0.15) is 0 Å². The number of amides is 1. The molecule has 0 aromatic carbocycles. The molecule has 1 amide bonds. The monoisotopic (exact) mass is 436 g/mol. The van der Waals surface area contributed by atoms with Gasteiger partial charge in [0.05, 0.1) is 13.1 Å². The largest absolute Gasteiger partial charge is 0.478 e. The highest BCUT2D eigenvalue weighted by molar-refractivity contribution is 9.12. The first kappa shape index (κ1) is 15.4. The molecule has 104 valence electrons. The predicted octanol–water partition coefficient (Wildman–Crippen LogP) is 4.08. The molecule has 2 aromatic rings. The van der Waals surface area contributed by atoms with Crippen molar-refractivity contribution in [3.63, 3.8) is 0 Å². The number of carboxylic acids is 1. The van der Waals surface area contributed by atoms with Crippen molar-refractivity contribution in [1.29, 1.82) is 0 Å². The summed E-state index contributed by atoms with van der Waals surface area (Å²) in [5, 5.41) is 11.6. The Morgan fingerprint density at radius 2 is 2.10 bits per heavy atom. The third kappa shape index (κ3) is 3.98. The van der Waals surface area contributed by atoms with Gasteiger partial charge in [0.15, 0.2) is 5.13 Å². The number of hydrogen-bond donors (Lipinski definition) is 2. The summed E-state index contributed by atoms with van der Waals surface area (Å²) >= 11 is 9.21. The minimum atomic E-state index is -1.03. The van der Waals surface area contributed by atoms with Crippen LogP contribution in [0.4, 0.5) is 5.13 Å². The summed E-state index contributed by atoms with van der Waals surface area (Å²) < 4.78 is 1.57. The Bertz CT molecular complexity index is 694. The summed E-state index contributed by atoms with van der Waals surface area (Å²) in [6, 6.07) is 1.71. The summed E-state index contributed by atoms with van der Waals surface area (Å²) in [6.07, 6.45) is 3.94. The summed E-state index contributed by atoms with van der Waals surface area (Å²) in [5.41, 5.74) is 0.514. The molecule has 0 spiro atoms. The number of carboxylic acid groups (broad SMARTS) is 1. The highest BCUT2D eigenvalue weighted by Gasteiger charge is 2.15. The molecular formula is C11H6Br2N2O3S2. The number of rotatable bonds is 4. The first-order valence-electron chi connectivity index (χ1n) is 5.08. The van der Waals surface area contributed by atoms with Gasteiger partial charge in [0.25, 0.3) is 5.91 Å². The third-order valence-electron chi connectivity index (χ3n) is 2.04. The van der Waals surface area contributed by atoms with Gasteiger partial charge in [-0.15, -0.1) is 11.3 Å². The quantitative estimate of drug-likeness (QED) is 0.706. The maximum atomic E-state index is 12.0. The summed E-state index contributed by atoms with van der Waals surface area (Å²) in [5.74, 6) is -1.31. The third-order valence-corrected chi connectivity index (χ3v) is 5.25. The molecule has 0 saturated carbocycles. The van der Waals surface area contributed by atoms with Crippen LogP contribution < -0.4 is 5.32 Å². The fourth-order valence-corrected chi connectivity index (χ4v) is 4.74. The number of nitrogens with one attached hydrogen (secondary N) is 1. The highest BCUT2D eigenvalue weighted by atomic mass is 79.9. The van der Waals surface area contributed by atoms with E-state index >= 15 is 0 Å². The van der Waals surface area contributed by atoms with Gasteiger partial charge in [-0.05, 0) is 44.0 Å². The minimum Gasteiger partial charge on any atom is -0.478 e. The Balaban J connectivity index is 2.09. The van der Waals surface area contributed by atoms with Gasteiger partial charge in [0.1, 0.15) is 0 Å². The molecule has 0 aliphatic rings. The Hall–Kier alpha value is -1.03. The van der Waals surface area contributed by atoms with E-state index < -0.39 is 5.97 Å². The van der Waals surface area contributed by atoms with Crippen molar-refractivity contribution in [2.45, 2.75) is 0 Å². The summed E-state index contributed by atoms with van der Waals surface area (Å²) in [4.78, 5) is 27.1. The van der Waals surface area contributed by atoms with Crippen molar-refractivity contribution in [2.24, 2.45) is 0 Å². The number of anilines is 1. The molecule has 0 fully saturated rings. The number of halogens is 2. The van der Waals surface area contributed by atoms with Gasteiger partial charge in [-0.3, -0.25) is 10.1 Å². The van der Waals surface area contributed by atoms with E-state index in [9.17, 15) is 9.59 Å². The molecule has 5 nitrogen and oxygen atoms in total. The molecule has 9 heteroatoms. The number of aliphatic carboxylic acids is 1. The first-order chi connectivity index (χ1) is 9.45. The molecule has 0 atom stereocenters. The number of thiophene rings is 1. The first-order valence-corrected chi connectivity index (χ1v) is 8.30. The van der Waals surface area contributed by atoms with Crippen molar-refractivity contribution in [3.8, 4) is 0 Å². The number of nitrogens with zero attached hydrogens (tertiary/aromatic N) is 1. The summed E-state index contributed by atoms with van der Waals surface area (Å²) in [7, 11) is 0. The maximum absolute atomic E-state index is 12.0.